The maximum atomic E-state index is 12.2. The maximum absolute atomic E-state index is 12.2. The fourth-order valence-electron chi connectivity index (χ4n) is 3.46. The van der Waals surface area contributed by atoms with Gasteiger partial charge in [-0.25, -0.2) is 0 Å². The van der Waals surface area contributed by atoms with Crippen molar-refractivity contribution >= 4 is 33.1 Å². The second-order valence-corrected chi connectivity index (χ2v) is 5.40. The Balaban J connectivity index is 2.13. The lowest BCUT2D eigenvalue weighted by atomic mass is 9.92. The lowest BCUT2D eigenvalue weighted by Crippen LogP contribution is -2.04. The van der Waals surface area contributed by atoms with Crippen LogP contribution in [-0.2, 0) is 18.0 Å². The second-order valence-electron chi connectivity index (χ2n) is 5.40. The van der Waals surface area contributed by atoms with E-state index in [4.69, 9.17) is 4.74 Å². The van der Waals surface area contributed by atoms with Crippen molar-refractivity contribution in [3.63, 3.8) is 0 Å². The Morgan fingerprint density at radius 2 is 1.95 bits per heavy atom. The number of rotatable bonds is 0. The van der Waals surface area contributed by atoms with Crippen LogP contribution in [0.1, 0.15) is 21.5 Å². The van der Waals surface area contributed by atoms with E-state index in [1.807, 2.05) is 18.2 Å². The first-order chi connectivity index (χ1) is 9.83. The summed E-state index contributed by atoms with van der Waals surface area (Å²) in [5.74, 6) is -0.00462. The van der Waals surface area contributed by atoms with Gasteiger partial charge in [-0.15, -0.1) is 0 Å². The summed E-state index contributed by atoms with van der Waals surface area (Å²) in [6.07, 6.45) is 0. The number of nitrogens with one attached hydrogen (secondary N) is 1. The Hall–Kier alpha value is -2.39. The lowest BCUT2D eigenvalue weighted by Gasteiger charge is -2.10. The average molecular weight is 261 g/mol. The number of carbonyl (C=O) groups excluding carboxylic acids is 1. The molecule has 1 N–H and O–H groups in total. The molecule has 5 rings (SSSR count). The van der Waals surface area contributed by atoms with Crippen LogP contribution in [0.15, 0.2) is 36.4 Å². The third kappa shape index (κ3) is 1.12. The summed E-state index contributed by atoms with van der Waals surface area (Å²) < 4.78 is 5.59. The summed E-state index contributed by atoms with van der Waals surface area (Å²) in [5.41, 5.74) is 4.09. The second kappa shape index (κ2) is 3.38. The molecule has 3 heteroatoms. The molecule has 0 unspecified atom stereocenters. The van der Waals surface area contributed by atoms with Gasteiger partial charge in [0.25, 0.3) is 5.91 Å². The van der Waals surface area contributed by atoms with E-state index in [0.29, 0.717) is 13.2 Å². The van der Waals surface area contributed by atoms with Crippen molar-refractivity contribution in [2.24, 2.45) is 0 Å². The molecule has 0 saturated heterocycles. The van der Waals surface area contributed by atoms with E-state index in [2.05, 4.69) is 23.5 Å². The van der Waals surface area contributed by atoms with Gasteiger partial charge in [-0.1, -0.05) is 24.3 Å². The number of fused-ring (bicyclic) bond motifs is 4. The van der Waals surface area contributed by atoms with E-state index in [1.165, 1.54) is 16.3 Å². The van der Waals surface area contributed by atoms with Crippen LogP contribution < -0.4 is 5.32 Å². The first-order valence-electron chi connectivity index (χ1n) is 6.72. The first kappa shape index (κ1) is 10.4. The molecule has 3 nitrogen and oxygen atoms in total. The molecule has 0 fully saturated rings. The zero-order valence-electron chi connectivity index (χ0n) is 10.7. The number of ether oxygens (including phenoxy) is 1. The molecule has 0 atom stereocenters. The van der Waals surface area contributed by atoms with Crippen LogP contribution in [0.5, 0.6) is 0 Å². The van der Waals surface area contributed by atoms with Crippen LogP contribution in [0.3, 0.4) is 0 Å². The molecule has 3 aromatic rings. The fraction of sp³-hybridized carbons (Fsp3) is 0.118. The molecular formula is C17H11NO2. The van der Waals surface area contributed by atoms with Gasteiger partial charge in [-0.05, 0) is 39.4 Å². The minimum atomic E-state index is -0.00462. The number of hydrogen-bond donors (Lipinski definition) is 1. The smallest absolute Gasteiger partial charge is 0.256 e. The van der Waals surface area contributed by atoms with Gasteiger partial charge < -0.3 is 10.1 Å². The average Bonchev–Trinajstić information content (AvgIpc) is 3.05. The van der Waals surface area contributed by atoms with E-state index < -0.39 is 0 Å². The van der Waals surface area contributed by atoms with Gasteiger partial charge in [0.05, 0.1) is 18.9 Å². The summed E-state index contributed by atoms with van der Waals surface area (Å²) >= 11 is 0. The molecule has 0 spiro atoms. The molecular weight excluding hydrogens is 250 g/mol. The molecule has 0 radical (unpaired) electrons. The van der Waals surface area contributed by atoms with Crippen LogP contribution in [0.25, 0.3) is 21.5 Å². The fourth-order valence-corrected chi connectivity index (χ4v) is 3.46. The Kier molecular flexibility index (Phi) is 1.76. The molecule has 0 bridgehead atoms. The van der Waals surface area contributed by atoms with E-state index >= 15 is 0 Å². The quantitative estimate of drug-likeness (QED) is 0.628. The highest BCUT2D eigenvalue weighted by Gasteiger charge is 2.28. The summed E-state index contributed by atoms with van der Waals surface area (Å²) in [7, 11) is 0. The first-order valence-corrected chi connectivity index (χ1v) is 6.72. The van der Waals surface area contributed by atoms with Gasteiger partial charge in [-0.2, -0.15) is 0 Å². The Labute approximate surface area is 115 Å². The van der Waals surface area contributed by atoms with E-state index in [0.717, 1.165) is 27.6 Å². The van der Waals surface area contributed by atoms with Gasteiger partial charge >= 0.3 is 0 Å². The van der Waals surface area contributed by atoms with Gasteiger partial charge in [0.1, 0.15) is 0 Å². The van der Waals surface area contributed by atoms with Gasteiger partial charge in [-0.3, -0.25) is 4.79 Å². The topological polar surface area (TPSA) is 38.3 Å². The highest BCUT2D eigenvalue weighted by atomic mass is 16.5. The van der Waals surface area contributed by atoms with Crippen LogP contribution in [-0.4, -0.2) is 5.91 Å². The largest absolute Gasteiger partial charge is 0.372 e. The van der Waals surface area contributed by atoms with E-state index in [1.54, 1.807) is 0 Å². The molecule has 2 aliphatic rings. The minimum absolute atomic E-state index is 0.00462. The normalized spacial score (nSPS) is 15.9. The highest BCUT2D eigenvalue weighted by Crippen LogP contribution is 2.43. The van der Waals surface area contributed by atoms with E-state index in [9.17, 15) is 4.79 Å². The van der Waals surface area contributed by atoms with Gasteiger partial charge in [0.2, 0.25) is 0 Å². The molecule has 2 heterocycles. The van der Waals surface area contributed by atoms with Gasteiger partial charge in [0.15, 0.2) is 0 Å². The number of benzene rings is 3. The van der Waals surface area contributed by atoms with Crippen molar-refractivity contribution in [1.29, 1.82) is 0 Å². The standard InChI is InChI=1S/C17H11NO2/c19-17-12-5-10-7-20-8-13(10)15-11-4-2-1-3-9(11)6-14(18-17)16(12)15/h1-6H,7-8H2,(H,18,19). The summed E-state index contributed by atoms with van der Waals surface area (Å²) in [6, 6.07) is 12.3. The number of carbonyl (C=O) groups is 1. The molecule has 0 aromatic heterocycles. The highest BCUT2D eigenvalue weighted by molar-refractivity contribution is 6.29. The number of amides is 1. The summed E-state index contributed by atoms with van der Waals surface area (Å²) in [4.78, 5) is 12.2. The Morgan fingerprint density at radius 3 is 2.90 bits per heavy atom. The summed E-state index contributed by atoms with van der Waals surface area (Å²) in [5, 5.41) is 7.58. The van der Waals surface area contributed by atoms with Crippen molar-refractivity contribution in [1.82, 2.24) is 0 Å². The Morgan fingerprint density at radius 1 is 1.05 bits per heavy atom. The third-order valence-corrected chi connectivity index (χ3v) is 4.32. The predicted octanol–water partition coefficient (Wildman–Crippen LogP) is 3.59. The van der Waals surface area contributed by atoms with Crippen molar-refractivity contribution < 1.29 is 9.53 Å². The van der Waals surface area contributed by atoms with Crippen molar-refractivity contribution in [2.75, 3.05) is 5.32 Å². The zero-order valence-corrected chi connectivity index (χ0v) is 10.7. The maximum Gasteiger partial charge on any atom is 0.256 e. The van der Waals surface area contributed by atoms with Crippen molar-refractivity contribution in [3.05, 3.63) is 53.1 Å². The number of hydrogen-bond acceptors (Lipinski definition) is 2. The zero-order chi connectivity index (χ0) is 13.3. The van der Waals surface area contributed by atoms with Gasteiger partial charge in [0, 0.05) is 10.9 Å². The molecule has 1 amide bonds. The Bertz CT molecular complexity index is 927. The molecule has 20 heavy (non-hydrogen) atoms. The molecule has 2 aliphatic heterocycles. The SMILES string of the molecule is O=C1Nc2cc3ccccc3c3c4c(cc1c23)COC4. The number of anilines is 1. The molecule has 0 aliphatic carbocycles. The van der Waals surface area contributed by atoms with Crippen LogP contribution in [0.4, 0.5) is 5.69 Å². The van der Waals surface area contributed by atoms with Crippen LogP contribution in [0, 0.1) is 0 Å². The van der Waals surface area contributed by atoms with Crippen molar-refractivity contribution in [2.45, 2.75) is 13.2 Å². The monoisotopic (exact) mass is 261 g/mol. The minimum Gasteiger partial charge on any atom is -0.372 e. The molecule has 3 aromatic carbocycles. The van der Waals surface area contributed by atoms with Crippen molar-refractivity contribution in [3.8, 4) is 0 Å². The molecule has 96 valence electrons. The van der Waals surface area contributed by atoms with E-state index in [-0.39, 0.29) is 5.91 Å². The van der Waals surface area contributed by atoms with Crippen LogP contribution >= 0.6 is 0 Å². The predicted molar refractivity (Wildman–Crippen MR) is 77.9 cm³/mol. The molecule has 0 saturated carbocycles. The lowest BCUT2D eigenvalue weighted by molar-refractivity contribution is 0.103. The summed E-state index contributed by atoms with van der Waals surface area (Å²) in [6.45, 7) is 1.23. The van der Waals surface area contributed by atoms with Crippen LogP contribution in [0.2, 0.25) is 0 Å². The third-order valence-electron chi connectivity index (χ3n) is 4.32.